The van der Waals surface area contributed by atoms with E-state index in [9.17, 15) is 14.9 Å². The number of hydrogen-bond acceptors (Lipinski definition) is 3. The van der Waals surface area contributed by atoms with E-state index in [1.807, 2.05) is 31.2 Å². The quantitative estimate of drug-likeness (QED) is 0.635. The SMILES string of the molecule is Cc1ccccc1CN(C)C(=O)c1ccc([N+](=O)[O-])cc1Cl. The van der Waals surface area contributed by atoms with Crippen LogP contribution in [0.4, 0.5) is 5.69 Å². The van der Waals surface area contributed by atoms with Gasteiger partial charge < -0.3 is 4.90 Å². The third kappa shape index (κ3) is 3.43. The number of non-ortho nitro benzene ring substituents is 1. The summed E-state index contributed by atoms with van der Waals surface area (Å²) in [6, 6.07) is 11.6. The number of benzene rings is 2. The molecule has 0 aromatic heterocycles. The van der Waals surface area contributed by atoms with Crippen LogP contribution in [0.1, 0.15) is 21.5 Å². The zero-order valence-electron chi connectivity index (χ0n) is 12.2. The van der Waals surface area contributed by atoms with Gasteiger partial charge in [-0.2, -0.15) is 0 Å². The molecule has 0 atom stereocenters. The molecule has 0 aliphatic carbocycles. The summed E-state index contributed by atoms with van der Waals surface area (Å²) < 4.78 is 0. The highest BCUT2D eigenvalue weighted by molar-refractivity contribution is 6.34. The molecule has 0 unspecified atom stereocenters. The molecule has 22 heavy (non-hydrogen) atoms. The van der Waals surface area contributed by atoms with Crippen LogP contribution in [0.5, 0.6) is 0 Å². The molecular formula is C16H15ClN2O3. The number of carbonyl (C=O) groups is 1. The van der Waals surface area contributed by atoms with Gasteiger partial charge in [-0.1, -0.05) is 35.9 Å². The van der Waals surface area contributed by atoms with Crippen LogP contribution >= 0.6 is 11.6 Å². The molecule has 2 aromatic carbocycles. The standard InChI is InChI=1S/C16H15ClN2O3/c1-11-5-3-4-6-12(11)10-18(2)16(20)14-8-7-13(19(21)22)9-15(14)17/h3-9H,10H2,1-2H3. The molecule has 114 valence electrons. The van der Waals surface area contributed by atoms with Crippen LogP contribution in [0.25, 0.3) is 0 Å². The number of hydrogen-bond donors (Lipinski definition) is 0. The lowest BCUT2D eigenvalue weighted by molar-refractivity contribution is -0.384. The molecular weight excluding hydrogens is 304 g/mol. The second kappa shape index (κ2) is 6.58. The molecule has 0 heterocycles. The number of nitrogens with zero attached hydrogens (tertiary/aromatic N) is 2. The zero-order chi connectivity index (χ0) is 16.3. The summed E-state index contributed by atoms with van der Waals surface area (Å²) in [7, 11) is 1.67. The molecule has 0 saturated heterocycles. The molecule has 0 N–H and O–H groups in total. The first-order valence-corrected chi connectivity index (χ1v) is 7.02. The summed E-state index contributed by atoms with van der Waals surface area (Å²) in [5.41, 5.74) is 2.25. The van der Waals surface area contributed by atoms with Gasteiger partial charge in [0.1, 0.15) is 0 Å². The second-order valence-electron chi connectivity index (χ2n) is 5.01. The van der Waals surface area contributed by atoms with E-state index in [1.165, 1.54) is 23.1 Å². The Bertz CT molecular complexity index is 731. The predicted octanol–water partition coefficient (Wildman–Crippen LogP) is 3.83. The largest absolute Gasteiger partial charge is 0.337 e. The molecule has 0 saturated carbocycles. The number of amides is 1. The maximum atomic E-state index is 12.4. The molecule has 2 rings (SSSR count). The van der Waals surface area contributed by atoms with Crippen LogP contribution in [0.2, 0.25) is 5.02 Å². The Morgan fingerprint density at radius 2 is 1.95 bits per heavy atom. The fourth-order valence-electron chi connectivity index (χ4n) is 2.11. The van der Waals surface area contributed by atoms with Crippen molar-refractivity contribution in [2.75, 3.05) is 7.05 Å². The highest BCUT2D eigenvalue weighted by atomic mass is 35.5. The highest BCUT2D eigenvalue weighted by Gasteiger charge is 2.18. The van der Waals surface area contributed by atoms with Gasteiger partial charge in [0.05, 0.1) is 15.5 Å². The lowest BCUT2D eigenvalue weighted by Gasteiger charge is -2.19. The van der Waals surface area contributed by atoms with E-state index in [1.54, 1.807) is 7.05 Å². The fourth-order valence-corrected chi connectivity index (χ4v) is 2.37. The number of nitro groups is 1. The molecule has 0 aliphatic rings. The smallest absolute Gasteiger partial charge is 0.270 e. The number of nitro benzene ring substituents is 1. The van der Waals surface area contributed by atoms with Crippen LogP contribution in [0.3, 0.4) is 0 Å². The van der Waals surface area contributed by atoms with E-state index in [2.05, 4.69) is 0 Å². The summed E-state index contributed by atoms with van der Waals surface area (Å²) in [5.74, 6) is -0.275. The first kappa shape index (κ1) is 16.0. The number of halogens is 1. The monoisotopic (exact) mass is 318 g/mol. The van der Waals surface area contributed by atoms with Gasteiger partial charge in [0.2, 0.25) is 0 Å². The molecule has 0 spiro atoms. The van der Waals surface area contributed by atoms with Gasteiger partial charge in [-0.05, 0) is 24.1 Å². The maximum Gasteiger partial charge on any atom is 0.270 e. The first-order chi connectivity index (χ1) is 10.4. The van der Waals surface area contributed by atoms with E-state index >= 15 is 0 Å². The maximum absolute atomic E-state index is 12.4. The normalized spacial score (nSPS) is 10.3. The third-order valence-corrected chi connectivity index (χ3v) is 3.72. The van der Waals surface area contributed by atoms with Crippen LogP contribution in [0.15, 0.2) is 42.5 Å². The summed E-state index contributed by atoms with van der Waals surface area (Å²) in [5, 5.41) is 10.8. The van der Waals surface area contributed by atoms with Crippen LogP contribution in [-0.4, -0.2) is 22.8 Å². The summed E-state index contributed by atoms with van der Waals surface area (Å²) >= 11 is 5.99. The zero-order valence-corrected chi connectivity index (χ0v) is 13.0. The topological polar surface area (TPSA) is 63.5 Å². The number of rotatable bonds is 4. The van der Waals surface area contributed by atoms with Crippen molar-refractivity contribution in [2.45, 2.75) is 13.5 Å². The van der Waals surface area contributed by atoms with Gasteiger partial charge in [-0.25, -0.2) is 0 Å². The van der Waals surface area contributed by atoms with E-state index < -0.39 is 4.92 Å². The molecule has 6 heteroatoms. The number of aryl methyl sites for hydroxylation is 1. The highest BCUT2D eigenvalue weighted by Crippen LogP contribution is 2.24. The van der Waals surface area contributed by atoms with Gasteiger partial charge in [0.15, 0.2) is 0 Å². The summed E-state index contributed by atoms with van der Waals surface area (Å²) in [6.45, 7) is 2.42. The molecule has 0 radical (unpaired) electrons. The van der Waals surface area contributed by atoms with Crippen LogP contribution < -0.4 is 0 Å². The minimum absolute atomic E-state index is 0.0795. The average Bonchev–Trinajstić information content (AvgIpc) is 2.48. The van der Waals surface area contributed by atoms with Crippen LogP contribution in [-0.2, 0) is 6.54 Å². The minimum atomic E-state index is -0.544. The van der Waals surface area contributed by atoms with Crippen LogP contribution in [0, 0.1) is 17.0 Å². The van der Waals surface area contributed by atoms with Gasteiger partial charge in [0, 0.05) is 25.7 Å². The fraction of sp³-hybridized carbons (Fsp3) is 0.188. The van der Waals surface area contributed by atoms with Crippen molar-refractivity contribution < 1.29 is 9.72 Å². The predicted molar refractivity (Wildman–Crippen MR) is 85.1 cm³/mol. The van der Waals surface area contributed by atoms with E-state index in [0.717, 1.165) is 11.1 Å². The van der Waals surface area contributed by atoms with Crippen molar-refractivity contribution in [3.63, 3.8) is 0 Å². The first-order valence-electron chi connectivity index (χ1n) is 6.64. The van der Waals surface area contributed by atoms with Crippen molar-refractivity contribution in [2.24, 2.45) is 0 Å². The van der Waals surface area contributed by atoms with Gasteiger partial charge in [-0.15, -0.1) is 0 Å². The van der Waals surface area contributed by atoms with Gasteiger partial charge >= 0.3 is 0 Å². The Hall–Kier alpha value is -2.40. The molecule has 5 nitrogen and oxygen atoms in total. The molecule has 0 fully saturated rings. The third-order valence-electron chi connectivity index (χ3n) is 3.41. The lowest BCUT2D eigenvalue weighted by atomic mass is 10.1. The Morgan fingerprint density at radius 1 is 1.27 bits per heavy atom. The Labute approximate surface area is 133 Å². The average molecular weight is 319 g/mol. The van der Waals surface area contributed by atoms with E-state index in [0.29, 0.717) is 6.54 Å². The van der Waals surface area contributed by atoms with Crippen molar-refractivity contribution >= 4 is 23.2 Å². The van der Waals surface area contributed by atoms with Crippen molar-refractivity contribution in [1.82, 2.24) is 4.90 Å². The minimum Gasteiger partial charge on any atom is -0.337 e. The second-order valence-corrected chi connectivity index (χ2v) is 5.42. The Kier molecular flexibility index (Phi) is 4.78. The Balaban J connectivity index is 2.21. The van der Waals surface area contributed by atoms with Gasteiger partial charge in [0.25, 0.3) is 11.6 Å². The van der Waals surface area contributed by atoms with E-state index in [4.69, 9.17) is 11.6 Å². The van der Waals surface area contributed by atoms with E-state index in [-0.39, 0.29) is 22.2 Å². The van der Waals surface area contributed by atoms with Crippen molar-refractivity contribution in [1.29, 1.82) is 0 Å². The molecule has 0 aliphatic heterocycles. The van der Waals surface area contributed by atoms with Gasteiger partial charge in [-0.3, -0.25) is 14.9 Å². The van der Waals surface area contributed by atoms with Crippen molar-refractivity contribution in [3.05, 3.63) is 74.3 Å². The lowest BCUT2D eigenvalue weighted by Crippen LogP contribution is -2.26. The molecule has 0 bridgehead atoms. The molecule has 1 amide bonds. The Morgan fingerprint density at radius 3 is 2.55 bits per heavy atom. The summed E-state index contributed by atoms with van der Waals surface area (Å²) in [4.78, 5) is 24.1. The van der Waals surface area contributed by atoms with Crippen molar-refractivity contribution in [3.8, 4) is 0 Å². The number of carbonyl (C=O) groups excluding carboxylic acids is 1. The molecule has 2 aromatic rings. The summed E-state index contributed by atoms with van der Waals surface area (Å²) in [6.07, 6.45) is 0.